The Kier molecular flexibility index (Phi) is 11.4. The summed E-state index contributed by atoms with van der Waals surface area (Å²) in [6, 6.07) is 7.93. The molecule has 4 heterocycles. The molecule has 2 atom stereocenters. The van der Waals surface area contributed by atoms with Gasteiger partial charge in [-0.1, -0.05) is 13.0 Å². The number of hydrogen-bond acceptors (Lipinski definition) is 11. The van der Waals surface area contributed by atoms with Crippen molar-refractivity contribution in [3.63, 3.8) is 0 Å². The maximum absolute atomic E-state index is 14.0. The molecule has 1 saturated heterocycles. The van der Waals surface area contributed by atoms with Crippen molar-refractivity contribution >= 4 is 64.9 Å². The summed E-state index contributed by atoms with van der Waals surface area (Å²) in [5, 5.41) is 12.4. The molecular formula is C36H44BBrF3N8O6P. The molecule has 0 bridgehead atoms. The molecule has 4 aromatic rings. The average Bonchev–Trinajstić information content (AvgIpc) is 3.60. The van der Waals surface area contributed by atoms with E-state index in [1.165, 1.54) is 26.3 Å². The van der Waals surface area contributed by atoms with Crippen LogP contribution in [0.15, 0.2) is 53.5 Å². The highest BCUT2D eigenvalue weighted by Gasteiger charge is 2.53. The van der Waals surface area contributed by atoms with Crippen LogP contribution in [-0.2, 0) is 33.0 Å². The SMILES string of the molecule is CNC(=O)c1nc(Br)ccc1Nc1nc(Nc2ccc(CC(C)P(=O)(O)CC3(Cn4cc(B5OC(C)(C)C(C)(C)O5)cn4)CC3)cc2OC)ncc1C(F)(F)F. The summed E-state index contributed by atoms with van der Waals surface area (Å²) < 4.78 is 75.9. The van der Waals surface area contributed by atoms with Crippen molar-refractivity contribution in [2.24, 2.45) is 5.41 Å². The summed E-state index contributed by atoms with van der Waals surface area (Å²) in [5.74, 6) is -1.11. The van der Waals surface area contributed by atoms with Crippen LogP contribution < -0.4 is 26.2 Å². The second-order valence-corrected chi connectivity index (χ2v) is 18.9. The molecular weight excluding hydrogens is 819 g/mol. The molecule has 2 unspecified atom stereocenters. The van der Waals surface area contributed by atoms with Crippen molar-refractivity contribution in [1.29, 1.82) is 0 Å². The van der Waals surface area contributed by atoms with Crippen LogP contribution >= 0.6 is 23.3 Å². The Morgan fingerprint density at radius 1 is 1.09 bits per heavy atom. The summed E-state index contributed by atoms with van der Waals surface area (Å²) in [6.45, 7) is 10.2. The van der Waals surface area contributed by atoms with Crippen LogP contribution in [0.1, 0.15) is 69.1 Å². The van der Waals surface area contributed by atoms with Crippen LogP contribution in [0.25, 0.3) is 0 Å². The first-order chi connectivity index (χ1) is 26.1. The van der Waals surface area contributed by atoms with E-state index in [-0.39, 0.29) is 35.3 Å². The van der Waals surface area contributed by atoms with Gasteiger partial charge in [0.2, 0.25) is 13.3 Å². The topological polar surface area (TPSA) is 175 Å². The molecule has 0 spiro atoms. The van der Waals surface area contributed by atoms with Gasteiger partial charge >= 0.3 is 13.3 Å². The number of carbonyl (C=O) groups is 1. The minimum Gasteiger partial charge on any atom is -0.495 e. The first-order valence-electron chi connectivity index (χ1n) is 17.9. The number of methoxy groups -OCH3 is 1. The number of rotatable bonds is 14. The Morgan fingerprint density at radius 2 is 1.77 bits per heavy atom. The lowest BCUT2D eigenvalue weighted by molar-refractivity contribution is -0.137. The minimum absolute atomic E-state index is 0.0130. The number of hydrogen-bond donors (Lipinski definition) is 4. The molecule has 1 saturated carbocycles. The summed E-state index contributed by atoms with van der Waals surface area (Å²) in [4.78, 5) is 35.9. The molecule has 300 valence electrons. The predicted molar refractivity (Wildman–Crippen MR) is 209 cm³/mol. The van der Waals surface area contributed by atoms with Crippen molar-refractivity contribution in [2.75, 3.05) is 31.0 Å². The molecule has 3 aromatic heterocycles. The fourth-order valence-corrected chi connectivity index (χ4v) is 8.85. The van der Waals surface area contributed by atoms with E-state index in [0.717, 1.165) is 23.9 Å². The van der Waals surface area contributed by atoms with E-state index in [4.69, 9.17) is 14.0 Å². The number of benzene rings is 1. The number of pyridine rings is 1. The van der Waals surface area contributed by atoms with Gasteiger partial charge in [0.05, 0.1) is 29.7 Å². The van der Waals surface area contributed by atoms with E-state index in [9.17, 15) is 27.4 Å². The fourth-order valence-electron chi connectivity index (χ4n) is 6.36. The number of carbonyl (C=O) groups excluding carboxylic acids is 1. The van der Waals surface area contributed by atoms with Gasteiger partial charge in [-0.2, -0.15) is 23.3 Å². The zero-order valence-electron chi connectivity index (χ0n) is 32.0. The number of alkyl halides is 3. The zero-order valence-corrected chi connectivity index (χ0v) is 34.5. The van der Waals surface area contributed by atoms with Crippen LogP contribution in [0, 0.1) is 5.41 Å². The standard InChI is InChI=1S/C36H44BBrF3N8O6P/c1-21(56(51,52)20-35(12-13-35)19-49-18-23(16-44-49)37-54-33(2,3)34(4,5)55-37)14-22-8-9-25(27(15-22)53-7)46-32-43-17-24(36(39,40)41)30(48-32)45-26-10-11-28(38)47-29(26)31(50)42-6/h8-11,15-18,21H,12-14,19-20H2,1-7H3,(H,42,50)(H,51,52)(H2,43,45,46,48). The number of ether oxygens (including phenoxy) is 1. The third kappa shape index (κ3) is 9.07. The highest BCUT2D eigenvalue weighted by molar-refractivity contribution is 9.10. The Morgan fingerprint density at radius 3 is 2.39 bits per heavy atom. The van der Waals surface area contributed by atoms with Crippen molar-refractivity contribution in [3.05, 3.63) is 70.3 Å². The van der Waals surface area contributed by atoms with Crippen LogP contribution in [0.5, 0.6) is 5.75 Å². The number of nitrogens with one attached hydrogen (secondary N) is 3. The molecule has 1 aromatic carbocycles. The van der Waals surface area contributed by atoms with E-state index in [1.807, 2.05) is 33.9 Å². The molecule has 1 aliphatic heterocycles. The molecule has 1 aliphatic carbocycles. The summed E-state index contributed by atoms with van der Waals surface area (Å²) in [7, 11) is -1.40. The molecule has 20 heteroatoms. The molecule has 1 amide bonds. The molecule has 14 nitrogen and oxygen atoms in total. The van der Waals surface area contributed by atoms with E-state index >= 15 is 0 Å². The Balaban J connectivity index is 1.13. The number of halogens is 4. The van der Waals surface area contributed by atoms with E-state index in [0.29, 0.717) is 28.8 Å². The normalized spacial score (nSPS) is 18.5. The van der Waals surface area contributed by atoms with Gasteiger partial charge in [-0.3, -0.25) is 14.0 Å². The van der Waals surface area contributed by atoms with E-state index < -0.39 is 54.8 Å². The molecule has 0 radical (unpaired) electrons. The van der Waals surface area contributed by atoms with E-state index in [1.54, 1.807) is 36.0 Å². The maximum Gasteiger partial charge on any atom is 0.498 e. The van der Waals surface area contributed by atoms with Gasteiger partial charge in [-0.25, -0.2) is 9.97 Å². The monoisotopic (exact) mass is 862 g/mol. The van der Waals surface area contributed by atoms with Gasteiger partial charge in [0.15, 0.2) is 5.69 Å². The van der Waals surface area contributed by atoms with Crippen molar-refractivity contribution in [1.82, 2.24) is 30.0 Å². The highest BCUT2D eigenvalue weighted by atomic mass is 79.9. The lowest BCUT2D eigenvalue weighted by atomic mass is 9.82. The van der Waals surface area contributed by atoms with Gasteiger partial charge in [0.25, 0.3) is 5.91 Å². The number of nitrogens with zero attached hydrogens (tertiary/aromatic N) is 5. The first kappa shape index (κ1) is 41.6. The third-order valence-electron chi connectivity index (χ3n) is 10.6. The summed E-state index contributed by atoms with van der Waals surface area (Å²) in [6.07, 6.45) is 1.44. The molecule has 56 heavy (non-hydrogen) atoms. The Labute approximate surface area is 331 Å². The van der Waals surface area contributed by atoms with Crippen LogP contribution in [0.2, 0.25) is 0 Å². The van der Waals surface area contributed by atoms with Crippen LogP contribution in [0.4, 0.5) is 36.3 Å². The summed E-state index contributed by atoms with van der Waals surface area (Å²) in [5.41, 5.74) is -1.38. The number of anilines is 4. The number of amides is 1. The van der Waals surface area contributed by atoms with Crippen LogP contribution in [-0.4, -0.2) is 79.8 Å². The Bertz CT molecular complexity index is 2150. The van der Waals surface area contributed by atoms with Crippen molar-refractivity contribution in [2.45, 2.75) is 83.5 Å². The molecule has 6 rings (SSSR count). The van der Waals surface area contributed by atoms with Gasteiger partial charge < -0.3 is 34.9 Å². The van der Waals surface area contributed by atoms with Crippen LogP contribution in [0.3, 0.4) is 0 Å². The quantitative estimate of drug-likeness (QED) is 0.0602. The minimum atomic E-state index is -4.82. The largest absolute Gasteiger partial charge is 0.498 e. The second-order valence-electron chi connectivity index (χ2n) is 15.4. The third-order valence-corrected chi connectivity index (χ3v) is 13.7. The highest BCUT2D eigenvalue weighted by Crippen LogP contribution is 2.60. The van der Waals surface area contributed by atoms with Gasteiger partial charge in [-0.05, 0) is 98.1 Å². The van der Waals surface area contributed by atoms with Crippen molar-refractivity contribution < 1.29 is 41.5 Å². The predicted octanol–water partition coefficient (Wildman–Crippen LogP) is 6.69. The smallest absolute Gasteiger partial charge is 0.495 e. The van der Waals surface area contributed by atoms with Gasteiger partial charge in [0, 0.05) is 49.5 Å². The molecule has 2 aliphatic rings. The van der Waals surface area contributed by atoms with E-state index in [2.05, 4.69) is 51.9 Å². The number of aromatic nitrogens is 5. The van der Waals surface area contributed by atoms with Gasteiger partial charge in [0.1, 0.15) is 21.7 Å². The lowest BCUT2D eigenvalue weighted by Crippen LogP contribution is -2.41. The average molecular weight is 863 g/mol. The van der Waals surface area contributed by atoms with Gasteiger partial charge in [-0.15, -0.1) is 0 Å². The van der Waals surface area contributed by atoms with Crippen molar-refractivity contribution in [3.8, 4) is 5.75 Å². The summed E-state index contributed by atoms with van der Waals surface area (Å²) >= 11 is 3.17. The molecule has 2 fully saturated rings. The second kappa shape index (κ2) is 15.4. The zero-order chi connectivity index (χ0) is 40.8. The fraction of sp³-hybridized carbons (Fsp3) is 0.472. The first-order valence-corrected chi connectivity index (χ1v) is 20.6. The lowest BCUT2D eigenvalue weighted by Gasteiger charge is -2.32. The molecule has 4 N–H and O–H groups in total. The maximum atomic E-state index is 14.0. The Hall–Kier alpha value is -4.03.